The average molecular weight is 296 g/mol. The third-order valence-corrected chi connectivity index (χ3v) is 3.49. The van der Waals surface area contributed by atoms with E-state index in [0.717, 1.165) is 11.4 Å². The molecule has 0 heterocycles. The first-order valence-electron chi connectivity index (χ1n) is 5.22. The van der Waals surface area contributed by atoms with Gasteiger partial charge in [0.15, 0.2) is 0 Å². The number of benzene rings is 1. The first-order valence-corrected chi connectivity index (χ1v) is 6.35. The van der Waals surface area contributed by atoms with Gasteiger partial charge in [0.1, 0.15) is 4.33 Å². The summed E-state index contributed by atoms with van der Waals surface area (Å²) in [5.41, 5.74) is 1.29. The Morgan fingerprint density at radius 1 is 1.53 bits per heavy atom. The fraction of sp³-hybridized carbons (Fsp3) is 0.417. The predicted octanol–water partition coefficient (Wildman–Crippen LogP) is 4.17. The maximum atomic E-state index is 10.0. The van der Waals surface area contributed by atoms with Crippen LogP contribution in [0.5, 0.6) is 0 Å². The molecule has 0 unspecified atom stereocenters. The minimum absolute atomic E-state index is 0.380. The molecule has 0 bridgehead atoms. The van der Waals surface area contributed by atoms with Gasteiger partial charge in [-0.05, 0) is 30.5 Å². The second-order valence-electron chi connectivity index (χ2n) is 3.84. The Morgan fingerprint density at radius 2 is 2.12 bits per heavy atom. The maximum absolute atomic E-state index is 10.0. The molecular formula is C12H13Cl3O2. The van der Waals surface area contributed by atoms with Crippen molar-refractivity contribution in [1.29, 1.82) is 0 Å². The van der Waals surface area contributed by atoms with Gasteiger partial charge in [0.2, 0.25) is 0 Å². The number of rotatable bonds is 2. The fourth-order valence-corrected chi connectivity index (χ4v) is 1.95. The minimum atomic E-state index is -0.966. The summed E-state index contributed by atoms with van der Waals surface area (Å²) in [6.07, 6.45) is 1.44. The summed E-state index contributed by atoms with van der Waals surface area (Å²) in [6, 6.07) is 7.93. The van der Waals surface area contributed by atoms with Crippen molar-refractivity contribution in [2.24, 2.45) is 5.92 Å². The topological polar surface area (TPSA) is 37.3 Å². The first kappa shape index (κ1) is 14.6. The van der Waals surface area contributed by atoms with E-state index >= 15 is 0 Å². The lowest BCUT2D eigenvalue weighted by Crippen LogP contribution is -2.03. The summed E-state index contributed by atoms with van der Waals surface area (Å²) in [5.74, 6) is -1.44. The van der Waals surface area contributed by atoms with E-state index in [-0.39, 0.29) is 0 Å². The highest BCUT2D eigenvalue weighted by Gasteiger charge is 2.56. The van der Waals surface area contributed by atoms with Crippen LogP contribution in [0.4, 0.5) is 0 Å². The Morgan fingerprint density at radius 3 is 2.35 bits per heavy atom. The van der Waals surface area contributed by atoms with Crippen LogP contribution in [-0.4, -0.2) is 15.4 Å². The number of aryl methyl sites for hydroxylation is 1. The molecule has 1 saturated carbocycles. The normalized spacial score (nSPS) is 20.1. The van der Waals surface area contributed by atoms with E-state index in [9.17, 15) is 4.79 Å². The second-order valence-corrected chi connectivity index (χ2v) is 5.82. The summed E-state index contributed by atoms with van der Waals surface area (Å²) >= 11 is 16.5. The van der Waals surface area contributed by atoms with Crippen molar-refractivity contribution in [3.8, 4) is 0 Å². The molecule has 0 aromatic heterocycles. The van der Waals surface area contributed by atoms with Crippen molar-refractivity contribution in [1.82, 2.24) is 0 Å². The van der Waals surface area contributed by atoms with Gasteiger partial charge in [-0.3, -0.25) is 4.79 Å². The van der Waals surface area contributed by atoms with Crippen LogP contribution in [0.1, 0.15) is 18.9 Å². The number of aliphatic carboxylic acids is 1. The van der Waals surface area contributed by atoms with Gasteiger partial charge in [-0.15, -0.1) is 23.2 Å². The molecule has 5 heteroatoms. The smallest absolute Gasteiger partial charge is 0.309 e. The maximum Gasteiger partial charge on any atom is 0.309 e. The number of halogens is 3. The van der Waals surface area contributed by atoms with E-state index in [0.29, 0.717) is 6.42 Å². The number of hydrogen-bond acceptors (Lipinski definition) is 1. The van der Waals surface area contributed by atoms with Crippen molar-refractivity contribution in [3.05, 3.63) is 34.9 Å². The average Bonchev–Trinajstić information content (AvgIpc) is 2.89. The van der Waals surface area contributed by atoms with Gasteiger partial charge in [0.05, 0.1) is 5.92 Å². The molecule has 1 aliphatic rings. The van der Waals surface area contributed by atoms with Crippen LogP contribution in [0.3, 0.4) is 0 Å². The van der Waals surface area contributed by atoms with Gasteiger partial charge in [0, 0.05) is 5.02 Å². The van der Waals surface area contributed by atoms with E-state index < -0.39 is 16.2 Å². The fourth-order valence-electron chi connectivity index (χ4n) is 1.24. The molecular weight excluding hydrogens is 282 g/mol. The molecule has 1 aromatic rings. The summed E-state index contributed by atoms with van der Waals surface area (Å²) in [6.45, 7) is 2.12. The molecule has 0 amide bonds. The number of carboxylic acids is 1. The Bertz CT molecular complexity index is 404. The number of hydrogen-bond donors (Lipinski definition) is 1. The third-order valence-electron chi connectivity index (χ3n) is 2.42. The van der Waals surface area contributed by atoms with Crippen molar-refractivity contribution in [2.45, 2.75) is 24.1 Å². The summed E-state index contributed by atoms with van der Waals surface area (Å²) in [4.78, 5) is 10.0. The highest BCUT2D eigenvalue weighted by molar-refractivity contribution is 6.52. The van der Waals surface area contributed by atoms with Crippen LogP contribution in [-0.2, 0) is 11.2 Å². The Kier molecular flexibility index (Phi) is 5.11. The molecule has 1 aliphatic carbocycles. The lowest BCUT2D eigenvalue weighted by Gasteiger charge is -1.93. The van der Waals surface area contributed by atoms with Crippen LogP contribution in [0.15, 0.2) is 24.3 Å². The molecule has 1 aromatic carbocycles. The van der Waals surface area contributed by atoms with Gasteiger partial charge in [-0.2, -0.15) is 0 Å². The summed E-state index contributed by atoms with van der Waals surface area (Å²) in [7, 11) is 0. The van der Waals surface area contributed by atoms with Gasteiger partial charge < -0.3 is 5.11 Å². The SMILES string of the molecule is CCc1cccc(Cl)c1.O=C(O)[C@H]1CC1(Cl)Cl. The van der Waals surface area contributed by atoms with E-state index in [1.54, 1.807) is 0 Å². The van der Waals surface area contributed by atoms with Crippen LogP contribution >= 0.6 is 34.8 Å². The monoisotopic (exact) mass is 294 g/mol. The van der Waals surface area contributed by atoms with Gasteiger partial charge >= 0.3 is 5.97 Å². The largest absolute Gasteiger partial charge is 0.481 e. The molecule has 0 spiro atoms. The zero-order valence-electron chi connectivity index (χ0n) is 9.29. The lowest BCUT2D eigenvalue weighted by molar-refractivity contribution is -0.138. The number of carbonyl (C=O) groups is 1. The molecule has 94 valence electrons. The van der Waals surface area contributed by atoms with Crippen LogP contribution in [0.25, 0.3) is 0 Å². The Balaban J connectivity index is 0.000000171. The van der Waals surface area contributed by atoms with Crippen molar-refractivity contribution in [2.75, 3.05) is 0 Å². The number of alkyl halides is 2. The highest BCUT2D eigenvalue weighted by Crippen LogP contribution is 2.53. The molecule has 2 nitrogen and oxygen atoms in total. The van der Waals surface area contributed by atoms with Crippen molar-refractivity contribution >= 4 is 40.8 Å². The third kappa shape index (κ3) is 4.74. The van der Waals surface area contributed by atoms with Crippen LogP contribution < -0.4 is 0 Å². The molecule has 1 N–H and O–H groups in total. The standard InChI is InChI=1S/C8H9Cl.C4H4Cl2O2/c1-2-7-4-3-5-8(9)6-7;5-4(6)1-2(4)3(7)8/h3-6H,2H2,1H3;2H,1H2,(H,7,8)/t;2-/m.1/s1. The van der Waals surface area contributed by atoms with E-state index in [1.807, 2.05) is 18.2 Å². The molecule has 2 rings (SSSR count). The summed E-state index contributed by atoms with van der Waals surface area (Å²) in [5, 5.41) is 9.05. The van der Waals surface area contributed by atoms with Crippen molar-refractivity contribution < 1.29 is 9.90 Å². The minimum Gasteiger partial charge on any atom is -0.481 e. The van der Waals surface area contributed by atoms with Crippen LogP contribution in [0.2, 0.25) is 5.02 Å². The van der Waals surface area contributed by atoms with Gasteiger partial charge in [-0.1, -0.05) is 30.7 Å². The van der Waals surface area contributed by atoms with Gasteiger partial charge in [0.25, 0.3) is 0 Å². The number of carboxylic acid groups (broad SMARTS) is 1. The second kappa shape index (κ2) is 5.94. The quantitative estimate of drug-likeness (QED) is 0.832. The van der Waals surface area contributed by atoms with E-state index in [2.05, 4.69) is 13.0 Å². The highest BCUT2D eigenvalue weighted by atomic mass is 35.5. The zero-order chi connectivity index (χ0) is 13.1. The van der Waals surface area contributed by atoms with Crippen LogP contribution in [0, 0.1) is 5.92 Å². The molecule has 0 aliphatic heterocycles. The molecule has 0 radical (unpaired) electrons. The van der Waals surface area contributed by atoms with E-state index in [1.165, 1.54) is 5.56 Å². The molecule has 1 atom stereocenters. The Labute approximate surface area is 115 Å². The first-order chi connectivity index (χ1) is 7.86. The molecule has 17 heavy (non-hydrogen) atoms. The molecule has 1 fully saturated rings. The lowest BCUT2D eigenvalue weighted by atomic mass is 10.2. The molecule has 0 saturated heterocycles. The van der Waals surface area contributed by atoms with E-state index in [4.69, 9.17) is 39.9 Å². The van der Waals surface area contributed by atoms with Crippen molar-refractivity contribution in [3.63, 3.8) is 0 Å². The Hall–Kier alpha value is -0.440. The zero-order valence-corrected chi connectivity index (χ0v) is 11.6. The van der Waals surface area contributed by atoms with Gasteiger partial charge in [-0.25, -0.2) is 0 Å². The summed E-state index contributed by atoms with van der Waals surface area (Å²) < 4.78 is -0.966. The predicted molar refractivity (Wildman–Crippen MR) is 71.0 cm³/mol.